The molecule has 20 heavy (non-hydrogen) atoms. The summed E-state index contributed by atoms with van der Waals surface area (Å²) in [4.78, 5) is 12.0. The number of hydrogen-bond acceptors (Lipinski definition) is 2. The first-order valence-electron chi connectivity index (χ1n) is 7.60. The van der Waals surface area contributed by atoms with Crippen molar-refractivity contribution in [3.63, 3.8) is 0 Å². The summed E-state index contributed by atoms with van der Waals surface area (Å²) in [7, 11) is 0. The Morgan fingerprint density at radius 3 is 2.55 bits per heavy atom. The Kier molecular flexibility index (Phi) is 5.40. The van der Waals surface area contributed by atoms with Gasteiger partial charge in [0.15, 0.2) is 0 Å². The van der Waals surface area contributed by atoms with Crippen LogP contribution < -0.4 is 0 Å². The highest BCUT2D eigenvalue weighted by Crippen LogP contribution is 2.30. The molecule has 2 heteroatoms. The molecule has 1 fully saturated rings. The van der Waals surface area contributed by atoms with Crippen molar-refractivity contribution in [1.82, 2.24) is 0 Å². The summed E-state index contributed by atoms with van der Waals surface area (Å²) in [5, 5.41) is 0. The molecule has 0 spiro atoms. The molecule has 1 aromatic rings. The van der Waals surface area contributed by atoms with Crippen LogP contribution in [0, 0.1) is 11.8 Å². The monoisotopic (exact) mass is 272 g/mol. The number of hydrogen-bond donors (Lipinski definition) is 0. The average Bonchev–Trinajstić information content (AvgIpc) is 2.53. The largest absolute Gasteiger partial charge is 0.462 e. The molecule has 0 amide bonds. The van der Waals surface area contributed by atoms with E-state index in [1.165, 1.54) is 32.1 Å². The molecule has 2 rings (SSSR count). The summed E-state index contributed by atoms with van der Waals surface area (Å²) >= 11 is 0. The SMILES string of the molecule is C=Cc1ccc(C(=O)OCC(C)C2CCCCC2)cc1. The molecule has 0 aliphatic heterocycles. The average molecular weight is 272 g/mol. The molecule has 1 saturated carbocycles. The maximum atomic E-state index is 12.0. The molecule has 1 aliphatic rings. The van der Waals surface area contributed by atoms with Crippen molar-refractivity contribution >= 4 is 12.0 Å². The van der Waals surface area contributed by atoms with E-state index in [0.29, 0.717) is 18.1 Å². The minimum atomic E-state index is -0.219. The number of rotatable bonds is 5. The fraction of sp³-hybridized carbons (Fsp3) is 0.500. The Hall–Kier alpha value is -1.57. The fourth-order valence-corrected chi connectivity index (χ4v) is 2.89. The second kappa shape index (κ2) is 7.28. The van der Waals surface area contributed by atoms with Crippen molar-refractivity contribution in [2.75, 3.05) is 6.61 Å². The van der Waals surface area contributed by atoms with Gasteiger partial charge < -0.3 is 4.74 Å². The van der Waals surface area contributed by atoms with E-state index in [9.17, 15) is 4.79 Å². The lowest BCUT2D eigenvalue weighted by molar-refractivity contribution is 0.0386. The lowest BCUT2D eigenvalue weighted by atomic mass is 9.81. The van der Waals surface area contributed by atoms with Gasteiger partial charge in [0.25, 0.3) is 0 Å². The van der Waals surface area contributed by atoms with Gasteiger partial charge in [-0.15, -0.1) is 0 Å². The summed E-state index contributed by atoms with van der Waals surface area (Å²) in [5.74, 6) is 0.967. The molecule has 1 aromatic carbocycles. The number of benzene rings is 1. The van der Waals surface area contributed by atoms with Crippen LogP contribution in [0.5, 0.6) is 0 Å². The van der Waals surface area contributed by atoms with Crippen LogP contribution in [-0.2, 0) is 4.74 Å². The molecule has 1 unspecified atom stereocenters. The maximum Gasteiger partial charge on any atom is 0.338 e. The minimum Gasteiger partial charge on any atom is -0.462 e. The van der Waals surface area contributed by atoms with Gasteiger partial charge in [-0.05, 0) is 29.5 Å². The van der Waals surface area contributed by atoms with Gasteiger partial charge in [0.05, 0.1) is 12.2 Å². The Balaban J connectivity index is 1.82. The summed E-state index contributed by atoms with van der Waals surface area (Å²) in [6, 6.07) is 7.36. The van der Waals surface area contributed by atoms with Gasteiger partial charge in [0.1, 0.15) is 0 Å². The van der Waals surface area contributed by atoms with Crippen molar-refractivity contribution in [3.05, 3.63) is 42.0 Å². The highest BCUT2D eigenvalue weighted by molar-refractivity contribution is 5.89. The first kappa shape index (κ1) is 14.8. The predicted molar refractivity (Wildman–Crippen MR) is 82.6 cm³/mol. The van der Waals surface area contributed by atoms with E-state index < -0.39 is 0 Å². The third kappa shape index (κ3) is 3.96. The topological polar surface area (TPSA) is 26.3 Å². The minimum absolute atomic E-state index is 0.219. The normalized spacial score (nSPS) is 17.4. The van der Waals surface area contributed by atoms with E-state index in [4.69, 9.17) is 4.74 Å². The summed E-state index contributed by atoms with van der Waals surface area (Å²) in [6.07, 6.45) is 8.34. The van der Waals surface area contributed by atoms with E-state index in [1.54, 1.807) is 18.2 Å². The van der Waals surface area contributed by atoms with Crippen LogP contribution in [0.4, 0.5) is 0 Å². The van der Waals surface area contributed by atoms with Crippen LogP contribution in [-0.4, -0.2) is 12.6 Å². The van der Waals surface area contributed by atoms with Crippen molar-refractivity contribution in [2.24, 2.45) is 11.8 Å². The van der Waals surface area contributed by atoms with E-state index >= 15 is 0 Å². The smallest absolute Gasteiger partial charge is 0.338 e. The highest BCUT2D eigenvalue weighted by Gasteiger charge is 2.21. The van der Waals surface area contributed by atoms with Gasteiger partial charge in [0, 0.05) is 0 Å². The Bertz CT molecular complexity index is 441. The quantitative estimate of drug-likeness (QED) is 0.726. The highest BCUT2D eigenvalue weighted by atomic mass is 16.5. The van der Waals surface area contributed by atoms with Crippen molar-refractivity contribution in [2.45, 2.75) is 39.0 Å². The zero-order chi connectivity index (χ0) is 14.4. The van der Waals surface area contributed by atoms with Gasteiger partial charge in [-0.3, -0.25) is 0 Å². The first-order chi connectivity index (χ1) is 9.70. The van der Waals surface area contributed by atoms with Crippen LogP contribution in [0.25, 0.3) is 6.08 Å². The first-order valence-corrected chi connectivity index (χ1v) is 7.60. The number of esters is 1. The molecule has 1 aliphatic carbocycles. The van der Waals surface area contributed by atoms with Crippen LogP contribution in [0.15, 0.2) is 30.8 Å². The molecular formula is C18H24O2. The van der Waals surface area contributed by atoms with Gasteiger partial charge in [-0.25, -0.2) is 4.79 Å². The van der Waals surface area contributed by atoms with Gasteiger partial charge >= 0.3 is 5.97 Å². The Morgan fingerprint density at radius 2 is 1.95 bits per heavy atom. The Labute approximate surface area is 121 Å². The van der Waals surface area contributed by atoms with Crippen molar-refractivity contribution in [3.8, 4) is 0 Å². The van der Waals surface area contributed by atoms with Gasteiger partial charge in [0.2, 0.25) is 0 Å². The number of carbonyl (C=O) groups excluding carboxylic acids is 1. The Morgan fingerprint density at radius 1 is 1.30 bits per heavy atom. The number of ether oxygens (including phenoxy) is 1. The molecule has 0 N–H and O–H groups in total. The zero-order valence-electron chi connectivity index (χ0n) is 12.3. The third-order valence-corrected chi connectivity index (χ3v) is 4.31. The predicted octanol–water partition coefficient (Wildman–Crippen LogP) is 4.70. The van der Waals surface area contributed by atoms with E-state index in [0.717, 1.165) is 11.5 Å². The second-order valence-corrected chi connectivity index (χ2v) is 5.80. The molecule has 0 radical (unpaired) electrons. The molecule has 108 valence electrons. The lowest BCUT2D eigenvalue weighted by Crippen LogP contribution is -2.21. The van der Waals surface area contributed by atoms with Gasteiger partial charge in [-0.2, -0.15) is 0 Å². The summed E-state index contributed by atoms with van der Waals surface area (Å²) in [5.41, 5.74) is 1.63. The van der Waals surface area contributed by atoms with Gasteiger partial charge in [-0.1, -0.05) is 63.8 Å². The fourth-order valence-electron chi connectivity index (χ4n) is 2.89. The molecule has 0 bridgehead atoms. The van der Waals surface area contributed by atoms with Crippen LogP contribution in [0.3, 0.4) is 0 Å². The maximum absolute atomic E-state index is 12.0. The van der Waals surface area contributed by atoms with Crippen LogP contribution in [0.2, 0.25) is 0 Å². The standard InChI is InChI=1S/C18H24O2/c1-3-15-9-11-17(12-10-15)18(19)20-13-14(2)16-7-5-4-6-8-16/h3,9-12,14,16H,1,4-8,13H2,2H3. The summed E-state index contributed by atoms with van der Waals surface area (Å²) in [6.45, 7) is 6.43. The zero-order valence-corrected chi connectivity index (χ0v) is 12.3. The van der Waals surface area contributed by atoms with Crippen molar-refractivity contribution < 1.29 is 9.53 Å². The lowest BCUT2D eigenvalue weighted by Gasteiger charge is -2.27. The van der Waals surface area contributed by atoms with E-state index in [-0.39, 0.29) is 5.97 Å². The molecular weight excluding hydrogens is 248 g/mol. The molecule has 2 nitrogen and oxygen atoms in total. The van der Waals surface area contributed by atoms with Crippen LogP contribution in [0.1, 0.15) is 54.9 Å². The van der Waals surface area contributed by atoms with Crippen LogP contribution >= 0.6 is 0 Å². The number of carbonyl (C=O) groups is 1. The van der Waals surface area contributed by atoms with Crippen molar-refractivity contribution in [1.29, 1.82) is 0 Å². The second-order valence-electron chi connectivity index (χ2n) is 5.80. The third-order valence-electron chi connectivity index (χ3n) is 4.31. The molecule has 0 heterocycles. The van der Waals surface area contributed by atoms with E-state index in [2.05, 4.69) is 13.5 Å². The molecule has 1 atom stereocenters. The molecule has 0 aromatic heterocycles. The molecule has 0 saturated heterocycles. The summed E-state index contributed by atoms with van der Waals surface area (Å²) < 4.78 is 5.45. The van der Waals surface area contributed by atoms with E-state index in [1.807, 2.05) is 12.1 Å².